The third-order valence-corrected chi connectivity index (χ3v) is 7.03. The molecule has 0 spiro atoms. The lowest BCUT2D eigenvalue weighted by Gasteiger charge is -2.34. The highest BCUT2D eigenvalue weighted by atomic mass is 32.2. The number of benzene rings is 1. The van der Waals surface area contributed by atoms with Gasteiger partial charge in [-0.1, -0.05) is 6.07 Å². The summed E-state index contributed by atoms with van der Waals surface area (Å²) >= 11 is 1.52. The molecule has 0 atom stereocenters. The monoisotopic (exact) mass is 394 g/mol. The van der Waals surface area contributed by atoms with E-state index in [1.807, 2.05) is 17.5 Å². The Morgan fingerprint density at radius 1 is 1.04 bits per heavy atom. The number of thiophene rings is 1. The average molecular weight is 394 g/mol. The Bertz CT molecular complexity index is 884. The zero-order valence-corrected chi connectivity index (χ0v) is 15.5. The van der Waals surface area contributed by atoms with Gasteiger partial charge in [-0.25, -0.2) is 13.2 Å². The summed E-state index contributed by atoms with van der Waals surface area (Å²) in [6, 6.07) is 8.95. The van der Waals surface area contributed by atoms with Crippen LogP contribution in [-0.4, -0.2) is 60.8 Å². The molecule has 1 aromatic heterocycles. The van der Waals surface area contributed by atoms with Crippen LogP contribution in [0.2, 0.25) is 0 Å². The van der Waals surface area contributed by atoms with Crippen molar-refractivity contribution in [3.8, 4) is 0 Å². The molecule has 1 aromatic carbocycles. The van der Waals surface area contributed by atoms with E-state index in [0.29, 0.717) is 19.5 Å². The van der Waals surface area contributed by atoms with Gasteiger partial charge in [0.05, 0.1) is 16.9 Å². The second kappa shape index (κ2) is 7.56. The maximum atomic E-state index is 12.7. The predicted octanol–water partition coefficient (Wildman–Crippen LogP) is 1.52. The van der Waals surface area contributed by atoms with Gasteiger partial charge < -0.3 is 10.0 Å². The smallest absolute Gasteiger partial charge is 0.335 e. The molecule has 1 N–H and O–H groups in total. The highest BCUT2D eigenvalue weighted by molar-refractivity contribution is 7.89. The fraction of sp³-hybridized carbons (Fsp3) is 0.294. The molecule has 1 amide bonds. The first-order valence-corrected chi connectivity index (χ1v) is 10.3. The van der Waals surface area contributed by atoms with Crippen LogP contribution < -0.4 is 0 Å². The molecule has 138 valence electrons. The van der Waals surface area contributed by atoms with Gasteiger partial charge in [-0.05, 0) is 35.7 Å². The van der Waals surface area contributed by atoms with E-state index < -0.39 is 16.0 Å². The third kappa shape index (κ3) is 3.95. The van der Waals surface area contributed by atoms with Gasteiger partial charge in [-0.15, -0.1) is 11.3 Å². The Labute approximate surface area is 155 Å². The van der Waals surface area contributed by atoms with Gasteiger partial charge in [0, 0.05) is 31.1 Å². The van der Waals surface area contributed by atoms with Crippen molar-refractivity contribution in [1.29, 1.82) is 0 Å². The van der Waals surface area contributed by atoms with E-state index in [2.05, 4.69) is 0 Å². The van der Waals surface area contributed by atoms with E-state index in [-0.39, 0.29) is 29.5 Å². The van der Waals surface area contributed by atoms with Crippen LogP contribution in [-0.2, 0) is 21.2 Å². The maximum Gasteiger partial charge on any atom is 0.335 e. The van der Waals surface area contributed by atoms with Gasteiger partial charge in [0.25, 0.3) is 0 Å². The molecule has 9 heteroatoms. The lowest BCUT2D eigenvalue weighted by molar-refractivity contribution is -0.131. The minimum absolute atomic E-state index is 0.00434. The molecule has 0 bridgehead atoms. The predicted molar refractivity (Wildman–Crippen MR) is 96.8 cm³/mol. The fourth-order valence-corrected chi connectivity index (χ4v) is 4.89. The molecule has 2 heterocycles. The fourth-order valence-electron chi connectivity index (χ4n) is 2.77. The molecule has 3 rings (SSSR count). The van der Waals surface area contributed by atoms with Crippen LogP contribution in [0.1, 0.15) is 15.2 Å². The summed E-state index contributed by atoms with van der Waals surface area (Å²) in [5.41, 5.74) is 0.0351. The number of carboxylic acids is 1. The molecule has 1 aliphatic heterocycles. The maximum absolute atomic E-state index is 12.7. The van der Waals surface area contributed by atoms with E-state index in [0.717, 1.165) is 4.88 Å². The van der Waals surface area contributed by atoms with Crippen LogP contribution in [0.15, 0.2) is 46.7 Å². The molecule has 26 heavy (non-hydrogen) atoms. The molecule has 1 saturated heterocycles. The SMILES string of the molecule is O=C(O)c1ccc(S(=O)(=O)N2CCN(C(=O)Cc3cccs3)CC2)cc1. The number of hydrogen-bond acceptors (Lipinski definition) is 5. The summed E-state index contributed by atoms with van der Waals surface area (Å²) in [4.78, 5) is 25.9. The van der Waals surface area contributed by atoms with Gasteiger partial charge in [0.1, 0.15) is 0 Å². The standard InChI is InChI=1S/C17H18N2O5S2/c20-16(12-14-2-1-11-25-14)18-7-9-19(10-8-18)26(23,24)15-5-3-13(4-6-15)17(21)22/h1-6,11H,7-10,12H2,(H,21,22). The van der Waals surface area contributed by atoms with Crippen LogP contribution in [0.4, 0.5) is 0 Å². The van der Waals surface area contributed by atoms with Crippen LogP contribution >= 0.6 is 11.3 Å². The van der Waals surface area contributed by atoms with Crippen molar-refractivity contribution < 1.29 is 23.1 Å². The third-order valence-electron chi connectivity index (χ3n) is 4.24. The number of hydrogen-bond donors (Lipinski definition) is 1. The van der Waals surface area contributed by atoms with Crippen molar-refractivity contribution in [2.75, 3.05) is 26.2 Å². The highest BCUT2D eigenvalue weighted by Crippen LogP contribution is 2.19. The number of carbonyl (C=O) groups is 2. The summed E-state index contributed by atoms with van der Waals surface area (Å²) in [7, 11) is -3.70. The van der Waals surface area contributed by atoms with Gasteiger partial charge in [0.15, 0.2) is 0 Å². The van der Waals surface area contributed by atoms with Crippen molar-refractivity contribution in [3.05, 3.63) is 52.2 Å². The van der Waals surface area contributed by atoms with Crippen molar-refractivity contribution in [2.24, 2.45) is 0 Å². The normalized spacial score (nSPS) is 15.8. The van der Waals surface area contributed by atoms with Gasteiger partial charge >= 0.3 is 5.97 Å². The van der Waals surface area contributed by atoms with E-state index in [1.165, 1.54) is 39.9 Å². The number of sulfonamides is 1. The van der Waals surface area contributed by atoms with Crippen molar-refractivity contribution in [1.82, 2.24) is 9.21 Å². The topological polar surface area (TPSA) is 95.0 Å². The average Bonchev–Trinajstić information content (AvgIpc) is 3.15. The van der Waals surface area contributed by atoms with Gasteiger partial charge in [-0.3, -0.25) is 4.79 Å². The van der Waals surface area contributed by atoms with Crippen molar-refractivity contribution in [2.45, 2.75) is 11.3 Å². The zero-order valence-electron chi connectivity index (χ0n) is 13.9. The Morgan fingerprint density at radius 2 is 1.69 bits per heavy atom. The van der Waals surface area contributed by atoms with Crippen molar-refractivity contribution in [3.63, 3.8) is 0 Å². The Morgan fingerprint density at radius 3 is 2.23 bits per heavy atom. The van der Waals surface area contributed by atoms with Crippen LogP contribution in [0.25, 0.3) is 0 Å². The van der Waals surface area contributed by atoms with E-state index in [1.54, 1.807) is 4.90 Å². The molecular formula is C17H18N2O5S2. The first-order chi connectivity index (χ1) is 12.4. The quantitative estimate of drug-likeness (QED) is 0.830. The molecule has 0 saturated carbocycles. The number of carbonyl (C=O) groups excluding carboxylic acids is 1. The van der Waals surface area contributed by atoms with E-state index in [9.17, 15) is 18.0 Å². The zero-order chi connectivity index (χ0) is 18.7. The summed E-state index contributed by atoms with van der Waals surface area (Å²) < 4.78 is 26.7. The summed E-state index contributed by atoms with van der Waals surface area (Å²) in [5.74, 6) is -1.11. The number of carboxylic acid groups (broad SMARTS) is 1. The molecular weight excluding hydrogens is 376 g/mol. The molecule has 2 aromatic rings. The van der Waals surface area contributed by atoms with Crippen LogP contribution in [0.3, 0.4) is 0 Å². The first kappa shape index (κ1) is 18.6. The molecule has 1 fully saturated rings. The Hall–Kier alpha value is -2.23. The summed E-state index contributed by atoms with van der Waals surface area (Å²) in [6.45, 7) is 1.13. The number of amides is 1. The lowest BCUT2D eigenvalue weighted by Crippen LogP contribution is -2.50. The minimum atomic E-state index is -3.70. The molecule has 0 radical (unpaired) electrons. The second-order valence-electron chi connectivity index (χ2n) is 5.87. The Balaban J connectivity index is 1.63. The number of piperazine rings is 1. The Kier molecular flexibility index (Phi) is 5.40. The van der Waals surface area contributed by atoms with Crippen LogP contribution in [0.5, 0.6) is 0 Å². The second-order valence-corrected chi connectivity index (χ2v) is 8.84. The summed E-state index contributed by atoms with van der Waals surface area (Å²) in [5, 5.41) is 10.8. The van der Waals surface area contributed by atoms with E-state index in [4.69, 9.17) is 5.11 Å². The molecule has 7 nitrogen and oxygen atoms in total. The first-order valence-electron chi connectivity index (χ1n) is 8.01. The molecule has 0 unspecified atom stereocenters. The van der Waals surface area contributed by atoms with Gasteiger partial charge in [0.2, 0.25) is 15.9 Å². The van der Waals surface area contributed by atoms with Gasteiger partial charge in [-0.2, -0.15) is 4.31 Å². The number of aromatic carboxylic acids is 1. The highest BCUT2D eigenvalue weighted by Gasteiger charge is 2.30. The lowest BCUT2D eigenvalue weighted by atomic mass is 10.2. The number of nitrogens with zero attached hydrogens (tertiary/aromatic N) is 2. The number of rotatable bonds is 5. The molecule has 1 aliphatic rings. The minimum Gasteiger partial charge on any atom is -0.478 e. The van der Waals surface area contributed by atoms with Crippen molar-refractivity contribution >= 4 is 33.2 Å². The molecule has 0 aliphatic carbocycles. The largest absolute Gasteiger partial charge is 0.478 e. The van der Waals surface area contributed by atoms with Crippen LogP contribution in [0, 0.1) is 0 Å². The summed E-state index contributed by atoms with van der Waals surface area (Å²) in [6.07, 6.45) is 0.334. The van der Waals surface area contributed by atoms with E-state index >= 15 is 0 Å².